The van der Waals surface area contributed by atoms with Gasteiger partial charge in [0.15, 0.2) is 12.1 Å². The van der Waals surface area contributed by atoms with Crippen molar-refractivity contribution in [3.63, 3.8) is 0 Å². The number of aldehydes is 1. The summed E-state index contributed by atoms with van der Waals surface area (Å²) >= 11 is 0. The molecule has 0 aromatic heterocycles. The molecule has 0 unspecified atom stereocenters. The van der Waals surface area contributed by atoms with Crippen molar-refractivity contribution in [1.29, 1.82) is 5.26 Å². The van der Waals surface area contributed by atoms with Crippen molar-refractivity contribution in [3.05, 3.63) is 34.4 Å². The Hall–Kier alpha value is -2.09. The van der Waals surface area contributed by atoms with Gasteiger partial charge in [0.2, 0.25) is 0 Å². The summed E-state index contributed by atoms with van der Waals surface area (Å²) in [5, 5.41) is 8.65. The highest BCUT2D eigenvalue weighted by Crippen LogP contribution is 2.26. The second-order valence-electron chi connectivity index (χ2n) is 3.11. The third kappa shape index (κ3) is 2.11. The molecule has 0 N–H and O–H groups in total. The molecule has 0 saturated heterocycles. The van der Waals surface area contributed by atoms with Gasteiger partial charge in [0, 0.05) is 16.7 Å². The Balaban J connectivity index is 3.55. The molecule has 82 valence electrons. The predicted molar refractivity (Wildman–Crippen MR) is 51.5 cm³/mol. The molecule has 0 saturated carbocycles. The largest absolute Gasteiger partial charge is 0.298 e. The highest BCUT2D eigenvalue weighted by atomic mass is 19.3. The molecule has 5 heteroatoms. The molecule has 0 aliphatic heterocycles. The first-order valence-electron chi connectivity index (χ1n) is 4.33. The van der Waals surface area contributed by atoms with Crippen LogP contribution in [0, 0.1) is 11.3 Å². The Morgan fingerprint density at radius 1 is 1.50 bits per heavy atom. The molecule has 0 atom stereocenters. The highest BCUT2D eigenvalue weighted by molar-refractivity contribution is 5.98. The fourth-order valence-corrected chi connectivity index (χ4v) is 1.31. The Bertz CT molecular complexity index is 489. The van der Waals surface area contributed by atoms with Crippen molar-refractivity contribution in [2.24, 2.45) is 0 Å². The number of benzene rings is 1. The molecule has 3 nitrogen and oxygen atoms in total. The van der Waals surface area contributed by atoms with E-state index in [2.05, 4.69) is 0 Å². The number of ketones is 1. The van der Waals surface area contributed by atoms with Crippen LogP contribution in [0.25, 0.3) is 0 Å². The number of hydrogen-bond acceptors (Lipinski definition) is 3. The highest BCUT2D eigenvalue weighted by Gasteiger charge is 2.19. The van der Waals surface area contributed by atoms with E-state index < -0.39 is 17.8 Å². The first kappa shape index (κ1) is 12.0. The average Bonchev–Trinajstić information content (AvgIpc) is 2.26. The van der Waals surface area contributed by atoms with Gasteiger partial charge in [0.1, 0.15) is 0 Å². The van der Waals surface area contributed by atoms with Gasteiger partial charge in [-0.25, -0.2) is 8.78 Å². The van der Waals surface area contributed by atoms with Crippen LogP contribution < -0.4 is 0 Å². The molecule has 1 aromatic carbocycles. The minimum Gasteiger partial charge on any atom is -0.298 e. The predicted octanol–water partition coefficient (Wildman–Crippen LogP) is 2.51. The lowest BCUT2D eigenvalue weighted by Gasteiger charge is -2.07. The summed E-state index contributed by atoms with van der Waals surface area (Å²) < 4.78 is 25.2. The molecule has 0 radical (unpaired) electrons. The maximum absolute atomic E-state index is 12.6. The van der Waals surface area contributed by atoms with Crippen LogP contribution in [0.15, 0.2) is 12.1 Å². The van der Waals surface area contributed by atoms with Crippen LogP contribution in [-0.2, 0) is 0 Å². The summed E-state index contributed by atoms with van der Waals surface area (Å²) in [6, 6.07) is 3.54. The number of carbonyl (C=O) groups excluding carboxylic acids is 2. The van der Waals surface area contributed by atoms with Gasteiger partial charge in [-0.3, -0.25) is 9.59 Å². The Kier molecular flexibility index (Phi) is 3.46. The molecule has 0 amide bonds. The van der Waals surface area contributed by atoms with Crippen LogP contribution in [0.5, 0.6) is 0 Å². The molecule has 0 aliphatic carbocycles. The number of halogens is 2. The summed E-state index contributed by atoms with van der Waals surface area (Å²) in [6.45, 7) is 1.13. The SMILES string of the molecule is CC(=O)c1cc(C=O)c(C#N)cc1C(F)F. The van der Waals surface area contributed by atoms with Gasteiger partial charge in [-0.1, -0.05) is 0 Å². The lowest BCUT2D eigenvalue weighted by atomic mass is 9.97. The van der Waals surface area contributed by atoms with Crippen LogP contribution >= 0.6 is 0 Å². The lowest BCUT2D eigenvalue weighted by Crippen LogP contribution is -2.03. The normalized spacial score (nSPS) is 9.94. The fraction of sp³-hybridized carbons (Fsp3) is 0.182. The maximum Gasteiger partial charge on any atom is 0.264 e. The quantitative estimate of drug-likeness (QED) is 0.584. The van der Waals surface area contributed by atoms with Gasteiger partial charge >= 0.3 is 0 Å². The molecular weight excluding hydrogens is 216 g/mol. The molecule has 1 rings (SSSR count). The number of Topliss-reactive ketones (excluding diaryl/α,β-unsaturated/α-hetero) is 1. The molecule has 0 fully saturated rings. The summed E-state index contributed by atoms with van der Waals surface area (Å²) in [4.78, 5) is 21.7. The Morgan fingerprint density at radius 3 is 2.50 bits per heavy atom. The van der Waals surface area contributed by atoms with Crippen molar-refractivity contribution in [3.8, 4) is 6.07 Å². The van der Waals surface area contributed by atoms with Crippen molar-refractivity contribution in [2.45, 2.75) is 13.3 Å². The molecule has 0 spiro atoms. The van der Waals surface area contributed by atoms with E-state index in [1.54, 1.807) is 6.07 Å². The third-order valence-corrected chi connectivity index (χ3v) is 2.08. The van der Waals surface area contributed by atoms with Gasteiger partial charge in [-0.15, -0.1) is 0 Å². The molecular formula is C11H7F2NO2. The van der Waals surface area contributed by atoms with Crippen LogP contribution in [0.2, 0.25) is 0 Å². The van der Waals surface area contributed by atoms with Crippen molar-refractivity contribution in [2.75, 3.05) is 0 Å². The van der Waals surface area contributed by atoms with E-state index in [4.69, 9.17) is 5.26 Å². The number of nitrogens with zero attached hydrogens (tertiary/aromatic N) is 1. The molecule has 1 aromatic rings. The number of nitriles is 1. The molecule has 0 heterocycles. The maximum atomic E-state index is 12.6. The van der Waals surface area contributed by atoms with Crippen LogP contribution in [0.3, 0.4) is 0 Å². The summed E-state index contributed by atoms with van der Waals surface area (Å²) in [5.41, 5.74) is -0.960. The zero-order chi connectivity index (χ0) is 12.3. The Labute approximate surface area is 90.3 Å². The van der Waals surface area contributed by atoms with Crippen LogP contribution in [-0.4, -0.2) is 12.1 Å². The van der Waals surface area contributed by atoms with Crippen LogP contribution in [0.1, 0.15) is 45.2 Å². The first-order valence-corrected chi connectivity index (χ1v) is 4.33. The number of rotatable bonds is 3. The monoisotopic (exact) mass is 223 g/mol. The lowest BCUT2D eigenvalue weighted by molar-refractivity contribution is 0.0999. The summed E-state index contributed by atoms with van der Waals surface area (Å²) in [7, 11) is 0. The summed E-state index contributed by atoms with van der Waals surface area (Å²) in [6.07, 6.45) is -2.49. The molecule has 0 aliphatic rings. The van der Waals surface area contributed by atoms with E-state index in [9.17, 15) is 18.4 Å². The van der Waals surface area contributed by atoms with Gasteiger partial charge in [0.25, 0.3) is 6.43 Å². The number of carbonyl (C=O) groups is 2. The average molecular weight is 223 g/mol. The van der Waals surface area contributed by atoms with E-state index in [1.807, 2.05) is 0 Å². The minimum absolute atomic E-state index is 0.0582. The standard InChI is InChI=1S/C11H7F2NO2/c1-6(16)9-3-8(5-15)7(4-14)2-10(9)11(12)13/h2-3,5,11H,1H3. The fourth-order valence-electron chi connectivity index (χ4n) is 1.31. The van der Waals surface area contributed by atoms with Crippen LogP contribution in [0.4, 0.5) is 8.78 Å². The number of alkyl halides is 2. The first-order chi connectivity index (χ1) is 7.51. The van der Waals surface area contributed by atoms with Crippen molar-refractivity contribution < 1.29 is 18.4 Å². The zero-order valence-electron chi connectivity index (χ0n) is 8.33. The van der Waals surface area contributed by atoms with Gasteiger partial charge < -0.3 is 0 Å². The second-order valence-corrected chi connectivity index (χ2v) is 3.11. The van der Waals surface area contributed by atoms with Gasteiger partial charge in [-0.2, -0.15) is 5.26 Å². The number of hydrogen-bond donors (Lipinski definition) is 0. The van der Waals surface area contributed by atoms with E-state index >= 15 is 0 Å². The zero-order valence-corrected chi connectivity index (χ0v) is 8.33. The minimum atomic E-state index is -2.85. The van der Waals surface area contributed by atoms with Crippen molar-refractivity contribution >= 4 is 12.1 Å². The molecule has 16 heavy (non-hydrogen) atoms. The van der Waals surface area contributed by atoms with E-state index in [1.165, 1.54) is 0 Å². The second kappa shape index (κ2) is 4.62. The topological polar surface area (TPSA) is 57.9 Å². The van der Waals surface area contributed by atoms with E-state index in [0.717, 1.165) is 19.1 Å². The van der Waals surface area contributed by atoms with E-state index in [-0.39, 0.29) is 16.7 Å². The molecule has 0 bridgehead atoms. The summed E-state index contributed by atoms with van der Waals surface area (Å²) in [5.74, 6) is -0.567. The smallest absolute Gasteiger partial charge is 0.264 e. The third-order valence-electron chi connectivity index (χ3n) is 2.08. The Morgan fingerprint density at radius 2 is 2.12 bits per heavy atom. The van der Waals surface area contributed by atoms with Gasteiger partial charge in [0.05, 0.1) is 11.6 Å². The van der Waals surface area contributed by atoms with Gasteiger partial charge in [-0.05, 0) is 19.1 Å². The van der Waals surface area contributed by atoms with Crippen molar-refractivity contribution in [1.82, 2.24) is 0 Å². The van der Waals surface area contributed by atoms with E-state index in [0.29, 0.717) is 6.29 Å².